The molecule has 0 saturated carbocycles. The van der Waals surface area contributed by atoms with Crippen molar-refractivity contribution in [1.82, 2.24) is 4.57 Å². The topological polar surface area (TPSA) is 88.5 Å². The number of nitrogens with zero attached hydrogens (tertiary/aromatic N) is 2. The number of hydrogen-bond acceptors (Lipinski definition) is 5. The van der Waals surface area contributed by atoms with E-state index in [0.717, 1.165) is 32.1 Å². The van der Waals surface area contributed by atoms with Gasteiger partial charge in [-0.25, -0.2) is 8.42 Å². The molecule has 0 radical (unpaired) electrons. The van der Waals surface area contributed by atoms with Crippen molar-refractivity contribution in [3.63, 3.8) is 0 Å². The molecule has 0 aliphatic rings. The van der Waals surface area contributed by atoms with Crippen molar-refractivity contribution in [3.05, 3.63) is 56.1 Å². The summed E-state index contributed by atoms with van der Waals surface area (Å²) in [5, 5.41) is 3.17. The van der Waals surface area contributed by atoms with Crippen LogP contribution in [0.4, 0.5) is 11.4 Å². The number of aromatic nitrogens is 1. The van der Waals surface area contributed by atoms with Gasteiger partial charge in [0.2, 0.25) is 15.9 Å². The SMILES string of the molecule is CCn1c(=O)sc2cc(NC(=O)CN(c3cc(Cl)cc(Cl)c3)S(C)(=O)=O)ccc21. The Labute approximate surface area is 181 Å². The molecular formula is C18H17Cl2N3O4S2. The van der Waals surface area contributed by atoms with E-state index in [2.05, 4.69) is 5.32 Å². The lowest BCUT2D eigenvalue weighted by Crippen LogP contribution is -2.37. The van der Waals surface area contributed by atoms with Gasteiger partial charge >= 0.3 is 4.87 Å². The van der Waals surface area contributed by atoms with Gasteiger partial charge in [0.1, 0.15) is 6.54 Å². The summed E-state index contributed by atoms with van der Waals surface area (Å²) in [5.74, 6) is -0.548. The average Bonchev–Trinajstić information content (AvgIpc) is 2.92. The highest BCUT2D eigenvalue weighted by atomic mass is 35.5. The first-order chi connectivity index (χ1) is 13.6. The van der Waals surface area contributed by atoms with Gasteiger partial charge in [0.05, 0.1) is 22.2 Å². The molecule has 0 aliphatic carbocycles. The van der Waals surface area contributed by atoms with Crippen molar-refractivity contribution >= 4 is 72.1 Å². The number of nitrogens with one attached hydrogen (secondary N) is 1. The number of aryl methyl sites for hydroxylation is 1. The minimum Gasteiger partial charge on any atom is -0.324 e. The van der Waals surface area contributed by atoms with Crippen LogP contribution in [-0.2, 0) is 21.4 Å². The van der Waals surface area contributed by atoms with Crippen molar-refractivity contribution < 1.29 is 13.2 Å². The van der Waals surface area contributed by atoms with E-state index in [-0.39, 0.29) is 20.6 Å². The third-order valence-corrected chi connectivity index (χ3v) is 6.61. The van der Waals surface area contributed by atoms with E-state index in [9.17, 15) is 18.0 Å². The van der Waals surface area contributed by atoms with Crippen LogP contribution >= 0.6 is 34.5 Å². The predicted octanol–water partition coefficient (Wildman–Crippen LogP) is 3.79. The third-order valence-electron chi connectivity index (χ3n) is 4.09. The van der Waals surface area contributed by atoms with Gasteiger partial charge in [-0.05, 0) is 43.3 Å². The molecule has 0 fully saturated rings. The number of carbonyl (C=O) groups excluding carboxylic acids is 1. The smallest absolute Gasteiger partial charge is 0.308 e. The van der Waals surface area contributed by atoms with Crippen molar-refractivity contribution in [1.29, 1.82) is 0 Å². The number of fused-ring (bicyclic) bond motifs is 1. The molecule has 7 nitrogen and oxygen atoms in total. The number of sulfonamides is 1. The molecule has 0 atom stereocenters. The molecule has 0 bridgehead atoms. The Hall–Kier alpha value is -2.07. The van der Waals surface area contributed by atoms with Crippen LogP contribution in [0.25, 0.3) is 10.2 Å². The molecule has 154 valence electrons. The van der Waals surface area contributed by atoms with Crippen LogP contribution in [-0.4, -0.2) is 31.7 Å². The minimum atomic E-state index is -3.77. The van der Waals surface area contributed by atoms with Gasteiger partial charge < -0.3 is 5.32 Å². The Balaban J connectivity index is 1.85. The van der Waals surface area contributed by atoms with Gasteiger partial charge in [-0.2, -0.15) is 0 Å². The molecule has 2 aromatic carbocycles. The van der Waals surface area contributed by atoms with Gasteiger partial charge in [0, 0.05) is 22.3 Å². The second-order valence-electron chi connectivity index (χ2n) is 6.24. The summed E-state index contributed by atoms with van der Waals surface area (Å²) < 4.78 is 27.7. The maximum atomic E-state index is 12.5. The van der Waals surface area contributed by atoms with E-state index in [4.69, 9.17) is 23.2 Å². The molecule has 0 aliphatic heterocycles. The fourth-order valence-corrected chi connectivity index (χ4v) is 5.21. The summed E-state index contributed by atoms with van der Waals surface area (Å²) >= 11 is 13.0. The zero-order valence-electron chi connectivity index (χ0n) is 15.5. The Kier molecular flexibility index (Phi) is 6.23. The van der Waals surface area contributed by atoms with Crippen LogP contribution in [0.15, 0.2) is 41.2 Å². The summed E-state index contributed by atoms with van der Waals surface area (Å²) in [6.07, 6.45) is 0.992. The van der Waals surface area contributed by atoms with Gasteiger partial charge in [-0.15, -0.1) is 0 Å². The Morgan fingerprint density at radius 3 is 2.41 bits per heavy atom. The summed E-state index contributed by atoms with van der Waals surface area (Å²) in [6.45, 7) is 1.97. The summed E-state index contributed by atoms with van der Waals surface area (Å²) in [4.78, 5) is 24.4. The molecule has 1 amide bonds. The second-order valence-corrected chi connectivity index (χ2v) is 10.0. The third kappa shape index (κ3) is 4.92. The molecule has 3 aromatic rings. The lowest BCUT2D eigenvalue weighted by molar-refractivity contribution is -0.114. The highest BCUT2D eigenvalue weighted by Crippen LogP contribution is 2.27. The van der Waals surface area contributed by atoms with Gasteiger partial charge in [0.25, 0.3) is 0 Å². The predicted molar refractivity (Wildman–Crippen MR) is 119 cm³/mol. The van der Waals surface area contributed by atoms with Crippen molar-refractivity contribution in [2.45, 2.75) is 13.5 Å². The second kappa shape index (κ2) is 8.35. The highest BCUT2D eigenvalue weighted by molar-refractivity contribution is 7.92. The van der Waals surface area contributed by atoms with E-state index >= 15 is 0 Å². The van der Waals surface area contributed by atoms with E-state index < -0.39 is 22.5 Å². The fourth-order valence-electron chi connectivity index (χ4n) is 2.86. The average molecular weight is 474 g/mol. The number of hydrogen-bond donors (Lipinski definition) is 1. The molecular weight excluding hydrogens is 457 g/mol. The van der Waals surface area contributed by atoms with Crippen LogP contribution in [0.3, 0.4) is 0 Å². The first kappa shape index (κ1) is 21.6. The van der Waals surface area contributed by atoms with Crippen LogP contribution in [0.2, 0.25) is 10.0 Å². The van der Waals surface area contributed by atoms with E-state index in [1.807, 2.05) is 6.92 Å². The molecule has 11 heteroatoms. The van der Waals surface area contributed by atoms with E-state index in [0.29, 0.717) is 12.2 Å². The first-order valence-electron chi connectivity index (χ1n) is 8.45. The van der Waals surface area contributed by atoms with E-state index in [1.165, 1.54) is 18.2 Å². The van der Waals surface area contributed by atoms with Gasteiger partial charge in [-0.3, -0.25) is 18.5 Å². The van der Waals surface area contributed by atoms with Crippen LogP contribution in [0, 0.1) is 0 Å². The van der Waals surface area contributed by atoms with Gasteiger partial charge in [-0.1, -0.05) is 34.5 Å². The lowest BCUT2D eigenvalue weighted by atomic mass is 10.3. The summed E-state index contributed by atoms with van der Waals surface area (Å²) in [5.41, 5.74) is 1.44. The number of anilines is 2. The normalized spacial score (nSPS) is 11.6. The largest absolute Gasteiger partial charge is 0.324 e. The monoisotopic (exact) mass is 473 g/mol. The maximum absolute atomic E-state index is 12.5. The number of benzene rings is 2. The van der Waals surface area contributed by atoms with E-state index in [1.54, 1.807) is 22.8 Å². The number of thiazole rings is 1. The minimum absolute atomic E-state index is 0.0768. The van der Waals surface area contributed by atoms with Crippen molar-refractivity contribution in [2.75, 3.05) is 22.4 Å². The summed E-state index contributed by atoms with van der Waals surface area (Å²) in [6, 6.07) is 9.40. The fraction of sp³-hybridized carbons (Fsp3) is 0.222. The molecule has 0 saturated heterocycles. The summed E-state index contributed by atoms with van der Waals surface area (Å²) in [7, 11) is -3.77. The van der Waals surface area contributed by atoms with Gasteiger partial charge in [0.15, 0.2) is 0 Å². The Bertz CT molecular complexity index is 1230. The molecule has 3 rings (SSSR count). The van der Waals surface area contributed by atoms with Crippen LogP contribution < -0.4 is 14.5 Å². The molecule has 0 spiro atoms. The lowest BCUT2D eigenvalue weighted by Gasteiger charge is -2.22. The Morgan fingerprint density at radius 2 is 1.83 bits per heavy atom. The molecule has 1 heterocycles. The van der Waals surface area contributed by atoms with Crippen LogP contribution in [0.1, 0.15) is 6.92 Å². The molecule has 29 heavy (non-hydrogen) atoms. The molecule has 1 aromatic heterocycles. The Morgan fingerprint density at radius 1 is 1.17 bits per heavy atom. The maximum Gasteiger partial charge on any atom is 0.308 e. The zero-order valence-corrected chi connectivity index (χ0v) is 18.6. The number of carbonyl (C=O) groups is 1. The van der Waals surface area contributed by atoms with Crippen LogP contribution in [0.5, 0.6) is 0 Å². The quantitative estimate of drug-likeness (QED) is 0.589. The zero-order chi connectivity index (χ0) is 21.3. The molecule has 1 N–H and O–H groups in total. The number of halogens is 2. The number of rotatable bonds is 6. The van der Waals surface area contributed by atoms with Crippen molar-refractivity contribution in [3.8, 4) is 0 Å². The number of amides is 1. The standard InChI is InChI=1S/C18H17Cl2N3O4S2/c1-3-22-15-5-4-13(9-16(15)28-18(22)25)21-17(24)10-23(29(2,26)27)14-7-11(19)6-12(20)8-14/h4-9H,3,10H2,1-2H3,(H,21,24). The van der Waals surface area contributed by atoms with Crippen molar-refractivity contribution in [2.24, 2.45) is 0 Å². The molecule has 0 unspecified atom stereocenters. The first-order valence-corrected chi connectivity index (χ1v) is 11.9. The highest BCUT2D eigenvalue weighted by Gasteiger charge is 2.22.